The molecule has 0 spiro atoms. The first-order valence-corrected chi connectivity index (χ1v) is 7.69. The molecule has 0 unspecified atom stereocenters. The van der Waals surface area contributed by atoms with Crippen LogP contribution in [0.1, 0.15) is 25.3 Å². The van der Waals surface area contributed by atoms with Crippen LogP contribution in [0, 0.1) is 0 Å². The van der Waals surface area contributed by atoms with Gasteiger partial charge < -0.3 is 14.4 Å². The predicted molar refractivity (Wildman–Crippen MR) is 90.0 cm³/mol. The molecule has 1 fully saturated rings. The predicted octanol–water partition coefficient (Wildman–Crippen LogP) is 3.94. The molecule has 1 aliphatic rings. The lowest BCUT2D eigenvalue weighted by Crippen LogP contribution is -2.47. The fourth-order valence-corrected chi connectivity index (χ4v) is 2.90. The van der Waals surface area contributed by atoms with Crippen molar-refractivity contribution in [1.29, 1.82) is 0 Å². The minimum atomic E-state index is -0.580. The molecule has 0 radical (unpaired) electrons. The SMILES string of the molecule is CCOC(=O)OC1(Cc2cccc(Cl)c2)CCN(C)CC1.Cl. The Labute approximate surface area is 143 Å². The van der Waals surface area contributed by atoms with Gasteiger partial charge in [-0.1, -0.05) is 23.7 Å². The summed E-state index contributed by atoms with van der Waals surface area (Å²) in [6, 6.07) is 7.71. The molecule has 0 N–H and O–H groups in total. The smallest absolute Gasteiger partial charge is 0.435 e. The van der Waals surface area contributed by atoms with Crippen molar-refractivity contribution in [2.24, 2.45) is 0 Å². The van der Waals surface area contributed by atoms with Gasteiger partial charge in [-0.2, -0.15) is 0 Å². The number of hydrogen-bond donors (Lipinski definition) is 0. The molecule has 1 aromatic rings. The molecule has 0 aliphatic carbocycles. The zero-order valence-corrected chi connectivity index (χ0v) is 14.6. The second kappa shape index (κ2) is 8.61. The molecule has 1 saturated heterocycles. The monoisotopic (exact) mass is 347 g/mol. The first-order valence-electron chi connectivity index (χ1n) is 7.32. The largest absolute Gasteiger partial charge is 0.508 e. The van der Waals surface area contributed by atoms with E-state index in [0.717, 1.165) is 31.5 Å². The van der Waals surface area contributed by atoms with Gasteiger partial charge in [-0.05, 0) is 31.7 Å². The van der Waals surface area contributed by atoms with Crippen molar-refractivity contribution in [3.63, 3.8) is 0 Å². The van der Waals surface area contributed by atoms with Gasteiger partial charge in [0, 0.05) is 37.4 Å². The Morgan fingerprint density at radius 3 is 2.64 bits per heavy atom. The summed E-state index contributed by atoms with van der Waals surface area (Å²) in [6.07, 6.45) is 1.69. The third kappa shape index (κ3) is 5.34. The second-order valence-electron chi connectivity index (χ2n) is 5.58. The maximum absolute atomic E-state index is 11.8. The van der Waals surface area contributed by atoms with E-state index in [1.807, 2.05) is 24.3 Å². The fraction of sp³-hybridized carbons (Fsp3) is 0.562. The molecule has 0 atom stereocenters. The number of rotatable bonds is 4. The van der Waals surface area contributed by atoms with E-state index in [-0.39, 0.29) is 12.4 Å². The summed E-state index contributed by atoms with van der Waals surface area (Å²) in [7, 11) is 2.08. The Balaban J connectivity index is 0.00000242. The van der Waals surface area contributed by atoms with Gasteiger partial charge in [0.2, 0.25) is 0 Å². The second-order valence-corrected chi connectivity index (χ2v) is 6.01. The highest BCUT2D eigenvalue weighted by Gasteiger charge is 2.38. The van der Waals surface area contributed by atoms with E-state index in [2.05, 4.69) is 11.9 Å². The first-order chi connectivity index (χ1) is 10.0. The Kier molecular flexibility index (Phi) is 7.46. The molecular formula is C16H23Cl2NO3. The van der Waals surface area contributed by atoms with E-state index < -0.39 is 11.8 Å². The van der Waals surface area contributed by atoms with Crippen LogP contribution in [0.2, 0.25) is 5.02 Å². The van der Waals surface area contributed by atoms with Crippen molar-refractivity contribution in [3.05, 3.63) is 34.9 Å². The van der Waals surface area contributed by atoms with Crippen molar-refractivity contribution in [2.75, 3.05) is 26.7 Å². The standard InChI is InChI=1S/C16H22ClNO3.ClH/c1-3-20-15(19)21-16(7-9-18(2)10-8-16)12-13-5-4-6-14(17)11-13;/h4-6,11H,3,7-10,12H2,1-2H3;1H. The van der Waals surface area contributed by atoms with Gasteiger partial charge in [0.05, 0.1) is 6.61 Å². The third-order valence-corrected chi connectivity index (χ3v) is 4.11. The number of hydrogen-bond acceptors (Lipinski definition) is 4. The normalized spacial score (nSPS) is 17.4. The summed E-state index contributed by atoms with van der Waals surface area (Å²) in [5.41, 5.74) is 0.583. The third-order valence-electron chi connectivity index (χ3n) is 3.88. The Hall–Kier alpha value is -0.970. The molecule has 1 heterocycles. The number of ether oxygens (including phenoxy) is 2. The van der Waals surface area contributed by atoms with Crippen LogP contribution in [0.3, 0.4) is 0 Å². The maximum Gasteiger partial charge on any atom is 0.508 e. The van der Waals surface area contributed by atoms with Crippen molar-refractivity contribution in [2.45, 2.75) is 31.8 Å². The lowest BCUT2D eigenvalue weighted by atomic mass is 9.85. The highest BCUT2D eigenvalue weighted by molar-refractivity contribution is 6.30. The molecule has 22 heavy (non-hydrogen) atoms. The van der Waals surface area contributed by atoms with Crippen LogP contribution in [0.4, 0.5) is 4.79 Å². The van der Waals surface area contributed by atoms with Crippen LogP contribution >= 0.6 is 24.0 Å². The molecule has 0 amide bonds. The lowest BCUT2D eigenvalue weighted by molar-refractivity contribution is -0.0631. The molecule has 0 aromatic heterocycles. The highest BCUT2D eigenvalue weighted by atomic mass is 35.5. The average molecular weight is 348 g/mol. The van der Waals surface area contributed by atoms with Gasteiger partial charge in [-0.15, -0.1) is 12.4 Å². The molecule has 4 nitrogen and oxygen atoms in total. The van der Waals surface area contributed by atoms with Gasteiger partial charge in [-0.25, -0.2) is 4.79 Å². The van der Waals surface area contributed by atoms with Gasteiger partial charge in [0.25, 0.3) is 0 Å². The van der Waals surface area contributed by atoms with Crippen LogP contribution in [0.15, 0.2) is 24.3 Å². The summed E-state index contributed by atoms with van der Waals surface area (Å²) >= 11 is 6.05. The van der Waals surface area contributed by atoms with Crippen molar-refractivity contribution in [1.82, 2.24) is 4.90 Å². The molecule has 124 valence electrons. The summed E-state index contributed by atoms with van der Waals surface area (Å²) in [6.45, 7) is 3.91. The zero-order chi connectivity index (χ0) is 15.3. The van der Waals surface area contributed by atoms with Crippen molar-refractivity contribution < 1.29 is 14.3 Å². The summed E-state index contributed by atoms with van der Waals surface area (Å²) in [5.74, 6) is 0. The summed E-state index contributed by atoms with van der Waals surface area (Å²) in [5, 5.41) is 0.701. The molecule has 1 aromatic carbocycles. The van der Waals surface area contributed by atoms with Gasteiger partial charge in [0.15, 0.2) is 0 Å². The fourth-order valence-electron chi connectivity index (χ4n) is 2.68. The van der Waals surface area contributed by atoms with E-state index >= 15 is 0 Å². The summed E-state index contributed by atoms with van der Waals surface area (Å²) < 4.78 is 10.6. The Morgan fingerprint density at radius 2 is 2.05 bits per heavy atom. The van der Waals surface area contributed by atoms with Crippen LogP contribution in [0.5, 0.6) is 0 Å². The molecule has 0 saturated carbocycles. The number of benzene rings is 1. The highest BCUT2D eigenvalue weighted by Crippen LogP contribution is 2.31. The van der Waals surface area contributed by atoms with Crippen molar-refractivity contribution in [3.8, 4) is 0 Å². The Morgan fingerprint density at radius 1 is 1.36 bits per heavy atom. The molecule has 1 aliphatic heterocycles. The number of piperidine rings is 1. The molecule has 2 rings (SSSR count). The minimum absolute atomic E-state index is 0. The number of carbonyl (C=O) groups is 1. The molecular weight excluding hydrogens is 325 g/mol. The number of carbonyl (C=O) groups excluding carboxylic acids is 1. The number of halogens is 2. The van der Waals surface area contributed by atoms with Crippen LogP contribution < -0.4 is 0 Å². The lowest BCUT2D eigenvalue weighted by Gasteiger charge is -2.39. The maximum atomic E-state index is 11.8. The van der Waals surface area contributed by atoms with E-state index in [9.17, 15) is 4.79 Å². The Bertz CT molecular complexity index is 488. The number of likely N-dealkylation sites (tertiary alicyclic amines) is 1. The van der Waals surface area contributed by atoms with Crippen LogP contribution in [0.25, 0.3) is 0 Å². The zero-order valence-electron chi connectivity index (χ0n) is 13.0. The molecule has 0 bridgehead atoms. The molecule has 6 heteroatoms. The van der Waals surface area contributed by atoms with Gasteiger partial charge in [0.1, 0.15) is 5.60 Å². The van der Waals surface area contributed by atoms with Gasteiger partial charge in [-0.3, -0.25) is 0 Å². The van der Waals surface area contributed by atoms with E-state index in [1.165, 1.54) is 0 Å². The van der Waals surface area contributed by atoms with E-state index in [1.54, 1.807) is 6.92 Å². The summed E-state index contributed by atoms with van der Waals surface area (Å²) in [4.78, 5) is 14.0. The quantitative estimate of drug-likeness (QED) is 0.773. The van der Waals surface area contributed by atoms with Gasteiger partial charge >= 0.3 is 6.16 Å². The van der Waals surface area contributed by atoms with Crippen LogP contribution in [-0.2, 0) is 15.9 Å². The average Bonchev–Trinajstić information content (AvgIpc) is 2.42. The van der Waals surface area contributed by atoms with Crippen LogP contribution in [-0.4, -0.2) is 43.4 Å². The van der Waals surface area contributed by atoms with E-state index in [4.69, 9.17) is 21.1 Å². The van der Waals surface area contributed by atoms with Crippen molar-refractivity contribution >= 4 is 30.2 Å². The topological polar surface area (TPSA) is 38.8 Å². The number of nitrogens with zero attached hydrogens (tertiary/aromatic N) is 1. The minimum Gasteiger partial charge on any atom is -0.435 e. The van der Waals surface area contributed by atoms with E-state index in [0.29, 0.717) is 18.1 Å². The first kappa shape index (κ1) is 19.1.